The Morgan fingerprint density at radius 1 is 1.42 bits per heavy atom. The van der Waals surface area contributed by atoms with Gasteiger partial charge in [-0.2, -0.15) is 5.10 Å². The Morgan fingerprint density at radius 3 is 2.92 bits per heavy atom. The SMILES string of the molecule is CCn1ccc(C(=O)NCCc2nc3sc(C)c(C)c3c(=O)[nH]2)n1. The van der Waals surface area contributed by atoms with Crippen LogP contribution in [0.3, 0.4) is 0 Å². The van der Waals surface area contributed by atoms with Crippen LogP contribution >= 0.6 is 11.3 Å². The van der Waals surface area contributed by atoms with Gasteiger partial charge in [0.2, 0.25) is 0 Å². The van der Waals surface area contributed by atoms with E-state index in [0.717, 1.165) is 21.8 Å². The lowest BCUT2D eigenvalue weighted by Gasteiger charge is -2.03. The fraction of sp³-hybridized carbons (Fsp3) is 0.375. The summed E-state index contributed by atoms with van der Waals surface area (Å²) in [6.45, 7) is 6.98. The largest absolute Gasteiger partial charge is 0.350 e. The maximum atomic E-state index is 12.2. The quantitative estimate of drug-likeness (QED) is 0.737. The van der Waals surface area contributed by atoms with Crippen LogP contribution in [0.1, 0.15) is 33.7 Å². The van der Waals surface area contributed by atoms with Gasteiger partial charge in [-0.3, -0.25) is 14.3 Å². The van der Waals surface area contributed by atoms with E-state index in [1.54, 1.807) is 16.9 Å². The van der Waals surface area contributed by atoms with E-state index in [-0.39, 0.29) is 11.5 Å². The van der Waals surface area contributed by atoms with Gasteiger partial charge in [-0.15, -0.1) is 11.3 Å². The lowest BCUT2D eigenvalue weighted by Crippen LogP contribution is -2.27. The fourth-order valence-corrected chi connectivity index (χ4v) is 3.51. The Morgan fingerprint density at radius 2 is 2.21 bits per heavy atom. The van der Waals surface area contributed by atoms with Gasteiger partial charge >= 0.3 is 0 Å². The number of carbonyl (C=O) groups is 1. The minimum atomic E-state index is -0.228. The van der Waals surface area contributed by atoms with E-state index in [2.05, 4.69) is 20.4 Å². The average molecular weight is 345 g/mol. The van der Waals surface area contributed by atoms with Gasteiger partial charge < -0.3 is 10.3 Å². The van der Waals surface area contributed by atoms with Gasteiger partial charge in [0.15, 0.2) is 0 Å². The zero-order chi connectivity index (χ0) is 17.3. The van der Waals surface area contributed by atoms with Crippen LogP contribution in [-0.4, -0.2) is 32.2 Å². The summed E-state index contributed by atoms with van der Waals surface area (Å²) in [4.78, 5) is 33.4. The van der Waals surface area contributed by atoms with Crippen LogP contribution in [0.4, 0.5) is 0 Å². The molecule has 0 aliphatic carbocycles. The molecule has 3 heterocycles. The van der Waals surface area contributed by atoms with Crippen molar-refractivity contribution in [1.82, 2.24) is 25.1 Å². The number of nitrogens with one attached hydrogen (secondary N) is 2. The Hall–Kier alpha value is -2.48. The van der Waals surface area contributed by atoms with Crippen molar-refractivity contribution in [3.05, 3.63) is 44.6 Å². The fourth-order valence-electron chi connectivity index (χ4n) is 2.46. The predicted molar refractivity (Wildman–Crippen MR) is 93.7 cm³/mol. The highest BCUT2D eigenvalue weighted by molar-refractivity contribution is 7.18. The first-order chi connectivity index (χ1) is 11.5. The lowest BCUT2D eigenvalue weighted by atomic mass is 10.2. The van der Waals surface area contributed by atoms with E-state index in [1.165, 1.54) is 11.3 Å². The molecule has 0 aromatic carbocycles. The molecule has 0 bridgehead atoms. The van der Waals surface area contributed by atoms with Gasteiger partial charge in [-0.25, -0.2) is 4.98 Å². The number of carbonyl (C=O) groups excluding carboxylic acids is 1. The highest BCUT2D eigenvalue weighted by Crippen LogP contribution is 2.25. The summed E-state index contributed by atoms with van der Waals surface area (Å²) in [5, 5.41) is 7.61. The molecule has 3 aromatic heterocycles. The molecule has 0 atom stereocenters. The van der Waals surface area contributed by atoms with Crippen molar-refractivity contribution in [2.75, 3.05) is 6.54 Å². The van der Waals surface area contributed by atoms with E-state index in [1.807, 2.05) is 20.8 Å². The van der Waals surface area contributed by atoms with Crippen LogP contribution < -0.4 is 10.9 Å². The van der Waals surface area contributed by atoms with Crippen LogP contribution in [0.2, 0.25) is 0 Å². The molecule has 8 heteroatoms. The second-order valence-electron chi connectivity index (χ2n) is 5.54. The third kappa shape index (κ3) is 3.09. The summed E-state index contributed by atoms with van der Waals surface area (Å²) in [5.74, 6) is 0.349. The van der Waals surface area contributed by atoms with Gasteiger partial charge in [-0.1, -0.05) is 0 Å². The normalized spacial score (nSPS) is 11.1. The van der Waals surface area contributed by atoms with Crippen molar-refractivity contribution in [2.45, 2.75) is 33.7 Å². The molecule has 3 aromatic rings. The molecule has 0 saturated heterocycles. The second-order valence-corrected chi connectivity index (χ2v) is 6.74. The van der Waals surface area contributed by atoms with Crippen molar-refractivity contribution < 1.29 is 4.79 Å². The molecule has 0 aliphatic heterocycles. The second kappa shape index (κ2) is 6.56. The number of amides is 1. The molecule has 1 amide bonds. The molecule has 7 nitrogen and oxygen atoms in total. The van der Waals surface area contributed by atoms with Crippen LogP contribution in [0, 0.1) is 13.8 Å². The molecule has 0 fully saturated rings. The third-order valence-corrected chi connectivity index (χ3v) is 5.03. The maximum absolute atomic E-state index is 12.2. The minimum Gasteiger partial charge on any atom is -0.350 e. The predicted octanol–water partition coefficient (Wildman–Crippen LogP) is 1.79. The summed E-state index contributed by atoms with van der Waals surface area (Å²) < 4.78 is 1.70. The van der Waals surface area contributed by atoms with Crippen molar-refractivity contribution in [1.29, 1.82) is 0 Å². The molecule has 24 heavy (non-hydrogen) atoms. The lowest BCUT2D eigenvalue weighted by molar-refractivity contribution is 0.0948. The van der Waals surface area contributed by atoms with Crippen LogP contribution in [0.15, 0.2) is 17.1 Å². The third-order valence-electron chi connectivity index (χ3n) is 3.93. The first-order valence-corrected chi connectivity index (χ1v) is 8.61. The summed E-state index contributed by atoms with van der Waals surface area (Å²) >= 11 is 1.52. The molecule has 3 rings (SSSR count). The number of H-pyrrole nitrogens is 1. The van der Waals surface area contributed by atoms with E-state index in [0.29, 0.717) is 29.9 Å². The number of aromatic nitrogens is 4. The van der Waals surface area contributed by atoms with Crippen LogP contribution in [0.5, 0.6) is 0 Å². The number of thiophene rings is 1. The zero-order valence-corrected chi connectivity index (χ0v) is 14.7. The molecule has 0 radical (unpaired) electrons. The van der Waals surface area contributed by atoms with Crippen molar-refractivity contribution in [3.63, 3.8) is 0 Å². The summed E-state index contributed by atoms with van der Waals surface area (Å²) in [5.41, 5.74) is 1.25. The first-order valence-electron chi connectivity index (χ1n) is 7.80. The standard InChI is InChI=1S/C16H19N5O2S/c1-4-21-8-6-11(20-21)14(22)17-7-5-12-18-15(23)13-9(2)10(3)24-16(13)19-12/h6,8H,4-5,7H2,1-3H3,(H,17,22)(H,18,19,23). The molecule has 0 spiro atoms. The highest BCUT2D eigenvalue weighted by atomic mass is 32.1. The first kappa shape index (κ1) is 16.4. The molecule has 126 valence electrons. The van der Waals surface area contributed by atoms with Gasteiger partial charge in [0.1, 0.15) is 16.3 Å². The smallest absolute Gasteiger partial charge is 0.271 e. The topological polar surface area (TPSA) is 92.7 Å². The van der Waals surface area contributed by atoms with Crippen LogP contribution in [-0.2, 0) is 13.0 Å². The van der Waals surface area contributed by atoms with E-state index in [4.69, 9.17) is 0 Å². The summed E-state index contributed by atoms with van der Waals surface area (Å²) in [6, 6.07) is 1.68. The number of aryl methyl sites for hydroxylation is 3. The Kier molecular flexibility index (Phi) is 4.48. The van der Waals surface area contributed by atoms with E-state index < -0.39 is 0 Å². The van der Waals surface area contributed by atoms with Crippen molar-refractivity contribution in [2.24, 2.45) is 0 Å². The minimum absolute atomic E-state index is 0.120. The number of rotatable bonds is 5. The molecular weight excluding hydrogens is 326 g/mol. The number of hydrogen-bond donors (Lipinski definition) is 2. The van der Waals surface area contributed by atoms with Crippen molar-refractivity contribution >= 4 is 27.5 Å². The van der Waals surface area contributed by atoms with Crippen LogP contribution in [0.25, 0.3) is 10.2 Å². The Balaban J connectivity index is 1.67. The van der Waals surface area contributed by atoms with Crippen molar-refractivity contribution in [3.8, 4) is 0 Å². The van der Waals surface area contributed by atoms with Gasteiger partial charge in [0.05, 0.1) is 5.39 Å². The molecule has 0 aliphatic rings. The summed E-state index contributed by atoms with van der Waals surface area (Å²) in [6.07, 6.45) is 2.23. The zero-order valence-electron chi connectivity index (χ0n) is 13.8. The number of hydrogen-bond acceptors (Lipinski definition) is 5. The molecular formula is C16H19N5O2S. The highest BCUT2D eigenvalue weighted by Gasteiger charge is 2.12. The Labute approximate surface area is 142 Å². The average Bonchev–Trinajstić information content (AvgIpc) is 3.13. The van der Waals surface area contributed by atoms with Gasteiger partial charge in [-0.05, 0) is 32.4 Å². The monoisotopic (exact) mass is 345 g/mol. The number of fused-ring (bicyclic) bond motifs is 1. The summed E-state index contributed by atoms with van der Waals surface area (Å²) in [7, 11) is 0. The molecule has 2 N–H and O–H groups in total. The maximum Gasteiger partial charge on any atom is 0.271 e. The van der Waals surface area contributed by atoms with E-state index >= 15 is 0 Å². The Bertz CT molecular complexity index is 953. The number of aromatic amines is 1. The molecule has 0 saturated carbocycles. The van der Waals surface area contributed by atoms with Gasteiger partial charge in [0.25, 0.3) is 11.5 Å². The van der Waals surface area contributed by atoms with Gasteiger partial charge in [0, 0.05) is 30.6 Å². The molecule has 0 unspecified atom stereocenters. The number of nitrogens with zero attached hydrogens (tertiary/aromatic N) is 3. The van der Waals surface area contributed by atoms with E-state index in [9.17, 15) is 9.59 Å².